The van der Waals surface area contributed by atoms with Crippen molar-refractivity contribution in [3.63, 3.8) is 0 Å². The van der Waals surface area contributed by atoms with Crippen molar-refractivity contribution in [1.29, 1.82) is 0 Å². The summed E-state index contributed by atoms with van der Waals surface area (Å²) in [7, 11) is 0. The fourth-order valence-corrected chi connectivity index (χ4v) is 10.00. The predicted octanol–water partition coefficient (Wildman–Crippen LogP) is 5.54. The van der Waals surface area contributed by atoms with Crippen LogP contribution in [0.25, 0.3) is 54.5 Å². The lowest BCUT2D eigenvalue weighted by Crippen LogP contribution is -2.60. The van der Waals surface area contributed by atoms with E-state index in [1.807, 2.05) is 121 Å². The zero-order chi connectivity index (χ0) is 51.3. The van der Waals surface area contributed by atoms with Gasteiger partial charge in [0.05, 0.1) is 0 Å². The van der Waals surface area contributed by atoms with Crippen LogP contribution in [0.5, 0.6) is 0 Å². The van der Waals surface area contributed by atoms with Gasteiger partial charge in [-0.3, -0.25) is 28.8 Å². The Kier molecular flexibility index (Phi) is 13.8. The van der Waals surface area contributed by atoms with Crippen molar-refractivity contribution < 1.29 is 28.8 Å². The van der Waals surface area contributed by atoms with E-state index in [4.69, 9.17) is 5.73 Å². The molecule has 74 heavy (non-hydrogen) atoms. The summed E-state index contributed by atoms with van der Waals surface area (Å²) in [6, 6.07) is 31.8. The maximum Gasteiger partial charge on any atom is 0.243 e. The van der Waals surface area contributed by atoms with Crippen LogP contribution < -0.4 is 32.3 Å². The highest BCUT2D eigenvalue weighted by Crippen LogP contribution is 2.25. The van der Waals surface area contributed by atoms with Gasteiger partial charge in [-0.15, -0.1) is 0 Å². The highest BCUT2D eigenvalue weighted by molar-refractivity contribution is 5.98. The van der Waals surface area contributed by atoms with Gasteiger partial charge >= 0.3 is 0 Å². The van der Waals surface area contributed by atoms with Crippen molar-refractivity contribution >= 4 is 90.0 Å². The average molecular weight is 990 g/mol. The summed E-state index contributed by atoms with van der Waals surface area (Å²) in [4.78, 5) is 101. The number of hydrogen-bond acceptors (Lipinski definition) is 6. The van der Waals surface area contributed by atoms with E-state index in [1.165, 1.54) is 6.92 Å². The maximum atomic E-state index is 15.2. The first kappa shape index (κ1) is 48.3. The van der Waals surface area contributed by atoms with E-state index in [1.54, 1.807) is 31.0 Å². The zero-order valence-corrected chi connectivity index (χ0v) is 40.4. The molecule has 5 aromatic heterocycles. The van der Waals surface area contributed by atoms with Crippen LogP contribution in [0.15, 0.2) is 152 Å². The third kappa shape index (κ3) is 10.5. The van der Waals surface area contributed by atoms with Crippen LogP contribution in [-0.2, 0) is 60.9 Å². The molecule has 0 aliphatic carbocycles. The quantitative estimate of drug-likeness (QED) is 0.0467. The Balaban J connectivity index is 0.973. The van der Waals surface area contributed by atoms with Gasteiger partial charge in [0.2, 0.25) is 35.4 Å². The maximum absolute atomic E-state index is 15.2. The second-order valence-corrected chi connectivity index (χ2v) is 18.7. The van der Waals surface area contributed by atoms with E-state index >= 15 is 9.59 Å². The van der Waals surface area contributed by atoms with E-state index < -0.39 is 65.7 Å². The van der Waals surface area contributed by atoms with Crippen molar-refractivity contribution in [3.05, 3.63) is 180 Å². The number of primary amides is 1. The van der Waals surface area contributed by atoms with Crippen LogP contribution in [0.2, 0.25) is 0 Å². The van der Waals surface area contributed by atoms with Crippen LogP contribution in [0, 0.1) is 0 Å². The number of rotatable bonds is 20. The summed E-state index contributed by atoms with van der Waals surface area (Å²) in [6.07, 6.45) is 9.02. The Labute approximate surface area is 423 Å². The van der Waals surface area contributed by atoms with E-state index in [0.717, 1.165) is 71.2 Å². The molecule has 5 aromatic carbocycles. The second kappa shape index (κ2) is 21.1. The highest BCUT2D eigenvalue weighted by Gasteiger charge is 2.34. The summed E-state index contributed by atoms with van der Waals surface area (Å²) in [5, 5.41) is 18.7. The molecule has 10 rings (SSSR count). The minimum absolute atomic E-state index is 0.000578. The molecule has 0 radical (unpaired) electrons. The molecular formula is C57H55N11O6. The summed E-state index contributed by atoms with van der Waals surface area (Å²) in [6.45, 7) is 1.32. The molecule has 12 N–H and O–H groups in total. The van der Waals surface area contributed by atoms with Crippen molar-refractivity contribution in [2.75, 3.05) is 0 Å². The van der Waals surface area contributed by atoms with Crippen LogP contribution in [0.1, 0.15) is 34.7 Å². The molecule has 0 spiro atoms. The number of fused-ring (bicyclic) bond motifs is 5. The topological polar surface area (TPSA) is 268 Å². The minimum atomic E-state index is -1.32. The van der Waals surface area contributed by atoms with Crippen molar-refractivity contribution in [2.45, 2.75) is 69.2 Å². The van der Waals surface area contributed by atoms with Gasteiger partial charge in [-0.25, -0.2) is 0 Å². The van der Waals surface area contributed by atoms with E-state index in [2.05, 4.69) is 51.5 Å². The van der Waals surface area contributed by atoms with Crippen LogP contribution >= 0.6 is 0 Å². The molecule has 0 aliphatic heterocycles. The molecule has 0 saturated carbocycles. The van der Waals surface area contributed by atoms with Gasteiger partial charge in [0.25, 0.3) is 0 Å². The molecule has 0 aliphatic rings. The number of hydrogen-bond donors (Lipinski definition) is 11. The van der Waals surface area contributed by atoms with Crippen LogP contribution in [0.3, 0.4) is 0 Å². The fourth-order valence-electron chi connectivity index (χ4n) is 10.00. The van der Waals surface area contributed by atoms with Gasteiger partial charge in [-0.2, -0.15) is 0 Å². The first-order chi connectivity index (χ1) is 35.9. The number of para-hydroxylation sites is 5. The largest absolute Gasteiger partial charge is 0.368 e. The Bertz CT molecular complexity index is 3710. The van der Waals surface area contributed by atoms with Gasteiger partial charge in [-0.05, 0) is 58.1 Å². The third-order valence-electron chi connectivity index (χ3n) is 13.7. The second-order valence-electron chi connectivity index (χ2n) is 18.7. The lowest BCUT2D eigenvalue weighted by atomic mass is 9.99. The average Bonchev–Trinajstić information content (AvgIpc) is 4.27. The van der Waals surface area contributed by atoms with Gasteiger partial charge in [0.15, 0.2) is 0 Å². The number of nitrogens with one attached hydrogen (secondary N) is 10. The Morgan fingerprint density at radius 1 is 0.351 bits per heavy atom. The van der Waals surface area contributed by atoms with Crippen molar-refractivity contribution in [1.82, 2.24) is 51.5 Å². The van der Waals surface area contributed by atoms with E-state index in [-0.39, 0.29) is 32.1 Å². The van der Waals surface area contributed by atoms with E-state index in [0.29, 0.717) is 11.1 Å². The van der Waals surface area contributed by atoms with Crippen LogP contribution in [0.4, 0.5) is 0 Å². The molecule has 0 bridgehead atoms. The zero-order valence-electron chi connectivity index (χ0n) is 40.4. The Morgan fingerprint density at radius 2 is 0.568 bits per heavy atom. The molecule has 0 saturated heterocycles. The molecular weight excluding hydrogens is 935 g/mol. The molecule has 10 aromatic rings. The van der Waals surface area contributed by atoms with Gasteiger partial charge < -0.3 is 57.2 Å². The Hall–Kier alpha value is -9.38. The lowest BCUT2D eigenvalue weighted by Gasteiger charge is -2.27. The molecule has 6 amide bonds. The number of H-pyrrole nitrogens is 5. The first-order valence-electron chi connectivity index (χ1n) is 24.5. The molecule has 374 valence electrons. The fraction of sp³-hybridized carbons (Fsp3) is 0.193. The van der Waals surface area contributed by atoms with Gasteiger partial charge in [0.1, 0.15) is 30.2 Å². The molecule has 5 heterocycles. The molecule has 0 fully saturated rings. The SMILES string of the molecule is CC(=O)NC(Cc1c[nH]c2ccccc12)C(=O)NC(Cc1c[nH]c2ccccc12)C(=O)NC(Cc1c[nH]c2ccccc12)C(=O)NC(Cc1c[nH]c2ccccc12)C(=O)NC(Cc1c[nH]c2ccccc12)C(N)=O. The van der Waals surface area contributed by atoms with Gasteiger partial charge in [-0.1, -0.05) is 91.0 Å². The number of carbonyl (C=O) groups is 6. The summed E-state index contributed by atoms with van der Waals surface area (Å²) >= 11 is 0. The molecule has 17 heteroatoms. The number of aromatic nitrogens is 5. The Morgan fingerprint density at radius 3 is 0.811 bits per heavy atom. The summed E-state index contributed by atoms with van der Waals surface area (Å²) in [5.74, 6) is -3.89. The van der Waals surface area contributed by atoms with Gasteiger partial charge in [0, 0.05) is 125 Å². The number of benzene rings is 5. The highest BCUT2D eigenvalue weighted by atomic mass is 16.2. The predicted molar refractivity (Wildman–Crippen MR) is 285 cm³/mol. The van der Waals surface area contributed by atoms with Crippen molar-refractivity contribution in [3.8, 4) is 0 Å². The minimum Gasteiger partial charge on any atom is -0.368 e. The van der Waals surface area contributed by atoms with Crippen molar-refractivity contribution in [2.24, 2.45) is 5.73 Å². The molecule has 5 atom stereocenters. The summed E-state index contributed by atoms with van der Waals surface area (Å²) < 4.78 is 0. The normalized spacial score (nSPS) is 13.6. The molecule has 17 nitrogen and oxygen atoms in total. The monoisotopic (exact) mass is 989 g/mol. The smallest absolute Gasteiger partial charge is 0.243 e. The summed E-state index contributed by atoms with van der Waals surface area (Å²) in [5.41, 5.74) is 13.8. The van der Waals surface area contributed by atoms with E-state index in [9.17, 15) is 19.2 Å². The number of aromatic amines is 5. The number of carbonyl (C=O) groups excluding carboxylic acids is 6. The van der Waals surface area contributed by atoms with Crippen LogP contribution in [-0.4, -0.2) is 90.6 Å². The standard InChI is InChI=1S/C57H55N11O6/c1-32(69)64-49(23-34-28-60-44-18-8-3-13-39(34)44)54(71)66-51(25-36-30-62-46-20-10-5-15-41(36)46)56(73)68-52(26-37-31-63-47-21-11-6-16-42(37)47)57(74)67-50(24-35-29-61-45-19-9-4-14-40(35)45)55(72)65-48(53(58)70)22-33-27-59-43-17-7-2-12-38(33)43/h2-21,27-31,48-52,59-63H,22-26H2,1H3,(H2,58,70)(H,64,69)(H,65,72)(H,66,71)(H,67,74)(H,68,73). The molecule has 5 unspecified atom stereocenters. The first-order valence-corrected chi connectivity index (χ1v) is 24.5. The number of nitrogens with two attached hydrogens (primary N) is 1. The third-order valence-corrected chi connectivity index (χ3v) is 13.7. The number of amides is 6. The lowest BCUT2D eigenvalue weighted by molar-refractivity contribution is -0.134.